The van der Waals surface area contributed by atoms with Crippen molar-refractivity contribution in [2.24, 2.45) is 0 Å². The fraction of sp³-hybridized carbons (Fsp3) is 0.846. The number of hydrogen-bond donors (Lipinski definition) is 2. The van der Waals surface area contributed by atoms with Gasteiger partial charge in [0.15, 0.2) is 0 Å². The molecule has 18 heavy (non-hydrogen) atoms. The van der Waals surface area contributed by atoms with Crippen LogP contribution in [0.25, 0.3) is 0 Å². The lowest BCUT2D eigenvalue weighted by Gasteiger charge is -2.32. The molecule has 2 N–H and O–H groups in total. The van der Waals surface area contributed by atoms with Crippen LogP contribution >= 0.6 is 0 Å². The monoisotopic (exact) mass is 252 g/mol. The Morgan fingerprint density at radius 1 is 1.17 bits per heavy atom. The Bertz CT molecular complexity index is 291. The van der Waals surface area contributed by atoms with Crippen molar-refractivity contribution >= 4 is 0 Å². The molecule has 0 aliphatic carbocycles. The van der Waals surface area contributed by atoms with E-state index in [-0.39, 0.29) is 6.23 Å². The van der Waals surface area contributed by atoms with Crippen LogP contribution in [-0.4, -0.2) is 68.1 Å². The summed E-state index contributed by atoms with van der Waals surface area (Å²) in [7, 11) is 0. The van der Waals surface area contributed by atoms with E-state index in [1.165, 1.54) is 6.42 Å². The van der Waals surface area contributed by atoms with E-state index in [4.69, 9.17) is 4.74 Å². The minimum atomic E-state index is 0.280. The Kier molecular flexibility index (Phi) is 4.15. The molecule has 0 saturated carbocycles. The summed E-state index contributed by atoms with van der Waals surface area (Å²) >= 11 is 0. The van der Waals surface area contributed by atoms with Crippen LogP contribution in [0, 0.1) is 0 Å². The topological polar surface area (TPSA) is 39.8 Å². The van der Waals surface area contributed by atoms with Gasteiger partial charge in [-0.2, -0.15) is 0 Å². The third-order valence-electron chi connectivity index (χ3n) is 3.98. The van der Waals surface area contributed by atoms with Crippen LogP contribution < -0.4 is 10.6 Å². The second-order valence-corrected chi connectivity index (χ2v) is 5.35. The zero-order valence-electron chi connectivity index (χ0n) is 11.0. The molecule has 102 valence electrons. The van der Waals surface area contributed by atoms with Crippen LogP contribution in [0.1, 0.15) is 12.8 Å². The Hall–Kier alpha value is -0.620. The summed E-state index contributed by atoms with van der Waals surface area (Å²) in [6.07, 6.45) is 7.39. The quantitative estimate of drug-likeness (QED) is 0.726. The normalized spacial score (nSPS) is 34.1. The molecule has 5 heteroatoms. The predicted molar refractivity (Wildman–Crippen MR) is 71.1 cm³/mol. The maximum absolute atomic E-state index is 6.18. The van der Waals surface area contributed by atoms with Gasteiger partial charge in [-0.15, -0.1) is 0 Å². The van der Waals surface area contributed by atoms with Gasteiger partial charge in [-0.1, -0.05) is 6.08 Å². The van der Waals surface area contributed by atoms with E-state index in [2.05, 4.69) is 32.7 Å². The molecule has 3 heterocycles. The number of rotatable bonds is 3. The summed E-state index contributed by atoms with van der Waals surface area (Å²) in [5.74, 6) is 0. The molecule has 0 aromatic carbocycles. The van der Waals surface area contributed by atoms with Gasteiger partial charge in [0, 0.05) is 45.5 Å². The molecule has 0 spiro atoms. The van der Waals surface area contributed by atoms with Crippen LogP contribution in [0.2, 0.25) is 0 Å². The van der Waals surface area contributed by atoms with Gasteiger partial charge in [-0.3, -0.25) is 10.2 Å². The molecule has 2 atom stereocenters. The van der Waals surface area contributed by atoms with Crippen molar-refractivity contribution in [3.63, 3.8) is 0 Å². The van der Waals surface area contributed by atoms with Gasteiger partial charge in [-0.05, 0) is 12.8 Å². The van der Waals surface area contributed by atoms with E-state index < -0.39 is 0 Å². The van der Waals surface area contributed by atoms with E-state index in [0.29, 0.717) is 6.10 Å². The molecule has 0 aromatic rings. The molecule has 0 bridgehead atoms. The van der Waals surface area contributed by atoms with Crippen LogP contribution in [0.15, 0.2) is 12.3 Å². The molecule has 3 rings (SSSR count). The van der Waals surface area contributed by atoms with Crippen LogP contribution in [0.4, 0.5) is 0 Å². The Morgan fingerprint density at radius 2 is 2.06 bits per heavy atom. The summed E-state index contributed by atoms with van der Waals surface area (Å²) in [6, 6.07) is 0. The number of nitrogens with zero attached hydrogens (tertiary/aromatic N) is 2. The van der Waals surface area contributed by atoms with Crippen molar-refractivity contribution in [2.45, 2.75) is 25.2 Å². The summed E-state index contributed by atoms with van der Waals surface area (Å²) in [5, 5.41) is 6.74. The molecule has 0 aromatic heterocycles. The van der Waals surface area contributed by atoms with Crippen LogP contribution in [0.3, 0.4) is 0 Å². The van der Waals surface area contributed by atoms with Gasteiger partial charge in [0.25, 0.3) is 0 Å². The second-order valence-electron chi connectivity index (χ2n) is 5.35. The fourth-order valence-corrected chi connectivity index (χ4v) is 2.96. The first-order valence-corrected chi connectivity index (χ1v) is 7.13. The largest absolute Gasteiger partial charge is 0.354 e. The first kappa shape index (κ1) is 12.4. The molecule has 3 aliphatic rings. The highest BCUT2D eigenvalue weighted by Gasteiger charge is 2.30. The molecule has 3 aliphatic heterocycles. The van der Waals surface area contributed by atoms with Gasteiger partial charge < -0.3 is 15.0 Å². The molecule has 0 radical (unpaired) electrons. The van der Waals surface area contributed by atoms with Crippen molar-refractivity contribution in [2.75, 3.05) is 45.9 Å². The molecule has 0 amide bonds. The van der Waals surface area contributed by atoms with Crippen molar-refractivity contribution in [1.82, 2.24) is 20.4 Å². The zero-order valence-corrected chi connectivity index (χ0v) is 11.0. The highest BCUT2D eigenvalue weighted by Crippen LogP contribution is 2.24. The number of piperazine rings is 1. The highest BCUT2D eigenvalue weighted by molar-refractivity contribution is 4.91. The second kappa shape index (κ2) is 6.02. The van der Waals surface area contributed by atoms with Gasteiger partial charge in [0.2, 0.25) is 0 Å². The standard InChI is InChI=1S/C13H24N4O/c1-4-15-11-17(7-1)13-3-2-12(18-13)10-16-8-5-14-6-9-16/h1,7,12-15H,2-6,8-11H2/t12-,13+/m0/s1. The third kappa shape index (κ3) is 3.03. The minimum Gasteiger partial charge on any atom is -0.354 e. The highest BCUT2D eigenvalue weighted by atomic mass is 16.5. The maximum Gasteiger partial charge on any atom is 0.131 e. The van der Waals surface area contributed by atoms with Crippen molar-refractivity contribution in [1.29, 1.82) is 0 Å². The number of ether oxygens (including phenoxy) is 1. The fourth-order valence-electron chi connectivity index (χ4n) is 2.96. The zero-order chi connectivity index (χ0) is 12.2. The summed E-state index contributed by atoms with van der Waals surface area (Å²) in [5.41, 5.74) is 0. The van der Waals surface area contributed by atoms with Crippen molar-refractivity contribution in [3.8, 4) is 0 Å². The van der Waals surface area contributed by atoms with Crippen molar-refractivity contribution in [3.05, 3.63) is 12.3 Å². The Morgan fingerprint density at radius 3 is 2.83 bits per heavy atom. The summed E-state index contributed by atoms with van der Waals surface area (Å²) in [4.78, 5) is 4.80. The lowest BCUT2D eigenvalue weighted by Crippen LogP contribution is -2.46. The average molecular weight is 252 g/mol. The van der Waals surface area contributed by atoms with Gasteiger partial charge >= 0.3 is 0 Å². The maximum atomic E-state index is 6.18. The molecular weight excluding hydrogens is 228 g/mol. The molecule has 5 nitrogen and oxygen atoms in total. The first-order chi connectivity index (χ1) is 8.92. The summed E-state index contributed by atoms with van der Waals surface area (Å²) in [6.45, 7) is 7.56. The first-order valence-electron chi connectivity index (χ1n) is 7.13. The molecule has 2 fully saturated rings. The van der Waals surface area contributed by atoms with Crippen LogP contribution in [0.5, 0.6) is 0 Å². The van der Waals surface area contributed by atoms with Gasteiger partial charge in [-0.25, -0.2) is 0 Å². The van der Waals surface area contributed by atoms with E-state index >= 15 is 0 Å². The summed E-state index contributed by atoms with van der Waals surface area (Å²) < 4.78 is 6.18. The number of nitrogens with one attached hydrogen (secondary N) is 2. The van der Waals surface area contributed by atoms with E-state index in [1.54, 1.807) is 0 Å². The minimum absolute atomic E-state index is 0.280. The van der Waals surface area contributed by atoms with E-state index in [9.17, 15) is 0 Å². The lowest BCUT2D eigenvalue weighted by molar-refractivity contribution is -0.0476. The molecule has 2 saturated heterocycles. The number of hydrogen-bond acceptors (Lipinski definition) is 5. The van der Waals surface area contributed by atoms with Gasteiger partial charge in [0.1, 0.15) is 6.23 Å². The van der Waals surface area contributed by atoms with Crippen LogP contribution in [-0.2, 0) is 4.74 Å². The van der Waals surface area contributed by atoms with Gasteiger partial charge in [0.05, 0.1) is 12.8 Å². The lowest BCUT2D eigenvalue weighted by atomic mass is 10.2. The average Bonchev–Trinajstić information content (AvgIpc) is 2.89. The molecule has 0 unspecified atom stereocenters. The Balaban J connectivity index is 1.45. The van der Waals surface area contributed by atoms with E-state index in [1.807, 2.05) is 0 Å². The predicted octanol–water partition coefficient (Wildman–Crippen LogP) is -0.227. The Labute approximate surface area is 109 Å². The molecular formula is C13H24N4O. The smallest absolute Gasteiger partial charge is 0.131 e. The van der Waals surface area contributed by atoms with E-state index in [0.717, 1.165) is 52.4 Å². The SMILES string of the molecule is C1=CN([C@H]2CC[C@@H](CN3CCNCC3)O2)CNC1. The van der Waals surface area contributed by atoms with Crippen molar-refractivity contribution < 1.29 is 4.74 Å². The third-order valence-corrected chi connectivity index (χ3v) is 3.98.